The topological polar surface area (TPSA) is 51.0 Å². The fraction of sp³-hybridized carbons (Fsp3) is 0.176. The molecule has 0 amide bonds. The van der Waals surface area contributed by atoms with Gasteiger partial charge in [0, 0.05) is 18.7 Å². The number of hydrogen-bond acceptors (Lipinski definition) is 4. The summed E-state index contributed by atoms with van der Waals surface area (Å²) in [6.07, 6.45) is 1.36. The first kappa shape index (κ1) is 12.3. The maximum absolute atomic E-state index is 4.86. The van der Waals surface area contributed by atoms with Crippen LogP contribution in [0.15, 0.2) is 47.3 Å². The van der Waals surface area contributed by atoms with E-state index in [0.29, 0.717) is 5.82 Å². The molecule has 2 aromatic carbocycles. The van der Waals surface area contributed by atoms with Gasteiger partial charge >= 0.3 is 0 Å². The van der Waals surface area contributed by atoms with Crippen LogP contribution in [0.25, 0.3) is 22.5 Å². The Balaban J connectivity index is 1.84. The molecular weight excluding hydrogens is 262 g/mol. The minimum absolute atomic E-state index is 0.636. The molecule has 0 saturated heterocycles. The average molecular weight is 277 g/mol. The molecule has 2 heterocycles. The van der Waals surface area contributed by atoms with E-state index in [9.17, 15) is 0 Å². The fourth-order valence-corrected chi connectivity index (χ4v) is 2.94. The van der Waals surface area contributed by atoms with E-state index in [2.05, 4.69) is 46.6 Å². The molecule has 21 heavy (non-hydrogen) atoms. The van der Waals surface area contributed by atoms with Gasteiger partial charge in [0.25, 0.3) is 0 Å². The lowest BCUT2D eigenvalue weighted by atomic mass is 9.94. The monoisotopic (exact) mass is 277 g/mol. The Morgan fingerprint density at radius 3 is 2.76 bits per heavy atom. The van der Waals surface area contributed by atoms with Gasteiger partial charge in [-0.15, -0.1) is 0 Å². The molecule has 1 N–H and O–H groups in total. The van der Waals surface area contributed by atoms with Gasteiger partial charge in [-0.25, -0.2) is 0 Å². The summed E-state index contributed by atoms with van der Waals surface area (Å²) in [6, 6.07) is 12.9. The molecule has 0 saturated carbocycles. The van der Waals surface area contributed by atoms with Crippen LogP contribution in [0, 0.1) is 6.92 Å². The average Bonchev–Trinajstić information content (AvgIpc) is 3.18. The molecule has 1 aliphatic heterocycles. The van der Waals surface area contributed by atoms with Crippen LogP contribution in [0.2, 0.25) is 0 Å². The summed E-state index contributed by atoms with van der Waals surface area (Å²) in [5.74, 6) is 0.636. The van der Waals surface area contributed by atoms with Gasteiger partial charge in [0.05, 0.1) is 0 Å². The van der Waals surface area contributed by atoms with Gasteiger partial charge in [-0.3, -0.25) is 0 Å². The zero-order chi connectivity index (χ0) is 14.2. The van der Waals surface area contributed by atoms with Crippen molar-refractivity contribution in [3.05, 3.63) is 59.5 Å². The zero-order valence-electron chi connectivity index (χ0n) is 11.8. The van der Waals surface area contributed by atoms with Crippen LogP contribution in [0.3, 0.4) is 0 Å². The number of benzene rings is 2. The molecule has 3 aromatic rings. The maximum atomic E-state index is 4.86. The number of rotatable bonds is 2. The van der Waals surface area contributed by atoms with Crippen molar-refractivity contribution in [2.45, 2.75) is 20.0 Å². The van der Waals surface area contributed by atoms with Crippen LogP contribution in [0.4, 0.5) is 0 Å². The summed E-state index contributed by atoms with van der Waals surface area (Å²) in [5, 5.41) is 7.33. The molecule has 0 aliphatic carbocycles. The lowest BCUT2D eigenvalue weighted by Gasteiger charge is -2.10. The van der Waals surface area contributed by atoms with E-state index >= 15 is 0 Å². The van der Waals surface area contributed by atoms with Crippen molar-refractivity contribution in [1.82, 2.24) is 15.5 Å². The summed E-state index contributed by atoms with van der Waals surface area (Å²) in [5.41, 5.74) is 7.42. The molecular formula is C17H15N3O. The Morgan fingerprint density at radius 2 is 1.90 bits per heavy atom. The van der Waals surface area contributed by atoms with Crippen LogP contribution in [0.5, 0.6) is 0 Å². The van der Waals surface area contributed by atoms with Crippen molar-refractivity contribution in [3.63, 3.8) is 0 Å². The highest BCUT2D eigenvalue weighted by molar-refractivity contribution is 5.76. The summed E-state index contributed by atoms with van der Waals surface area (Å²) < 4.78 is 4.86. The van der Waals surface area contributed by atoms with E-state index in [1.54, 1.807) is 0 Å². The number of hydrogen-bond donors (Lipinski definition) is 1. The van der Waals surface area contributed by atoms with Crippen LogP contribution in [-0.4, -0.2) is 10.1 Å². The first-order valence-electron chi connectivity index (χ1n) is 7.02. The fourth-order valence-electron chi connectivity index (χ4n) is 2.94. The van der Waals surface area contributed by atoms with E-state index in [-0.39, 0.29) is 0 Å². The van der Waals surface area contributed by atoms with E-state index in [0.717, 1.165) is 18.7 Å². The van der Waals surface area contributed by atoms with Gasteiger partial charge in [0.15, 0.2) is 0 Å². The lowest BCUT2D eigenvalue weighted by Crippen LogP contribution is -1.99. The van der Waals surface area contributed by atoms with Gasteiger partial charge in [-0.1, -0.05) is 35.5 Å². The number of fused-ring (bicyclic) bond motifs is 1. The predicted octanol–water partition coefficient (Wildman–Crippen LogP) is 3.32. The minimum atomic E-state index is 0.636. The quantitative estimate of drug-likeness (QED) is 0.780. The molecule has 0 atom stereocenters. The third-order valence-electron chi connectivity index (χ3n) is 4.08. The largest absolute Gasteiger partial charge is 0.342 e. The Hall–Kier alpha value is -2.46. The molecule has 4 heteroatoms. The third-order valence-corrected chi connectivity index (χ3v) is 4.08. The van der Waals surface area contributed by atoms with Gasteiger partial charge in [0.1, 0.15) is 0 Å². The molecule has 0 unspecified atom stereocenters. The van der Waals surface area contributed by atoms with E-state index in [4.69, 9.17) is 4.52 Å². The Labute approximate surface area is 122 Å². The van der Waals surface area contributed by atoms with Crippen LogP contribution < -0.4 is 5.32 Å². The first-order valence-corrected chi connectivity index (χ1v) is 7.02. The van der Waals surface area contributed by atoms with Crippen LogP contribution >= 0.6 is 0 Å². The summed E-state index contributed by atoms with van der Waals surface area (Å²) in [7, 11) is 0. The standard InChI is InChI=1S/C17H15N3O/c1-11-15(3-2-4-16(11)17-19-10-21-20-17)12-5-6-13-8-18-9-14(13)7-12/h2-7,10,18H,8-9H2,1H3. The Bertz CT molecular complexity index is 794. The van der Waals surface area contributed by atoms with Gasteiger partial charge < -0.3 is 9.84 Å². The molecule has 0 radical (unpaired) electrons. The Morgan fingerprint density at radius 1 is 1.05 bits per heavy atom. The summed E-state index contributed by atoms with van der Waals surface area (Å²) in [4.78, 5) is 4.15. The zero-order valence-corrected chi connectivity index (χ0v) is 11.8. The predicted molar refractivity (Wildman–Crippen MR) is 80.5 cm³/mol. The van der Waals surface area contributed by atoms with Crippen molar-refractivity contribution in [3.8, 4) is 22.5 Å². The maximum Gasteiger partial charge on any atom is 0.214 e. The third kappa shape index (κ3) is 2.04. The van der Waals surface area contributed by atoms with Gasteiger partial charge in [-0.2, -0.15) is 4.98 Å². The molecule has 0 spiro atoms. The van der Waals surface area contributed by atoms with Crippen LogP contribution in [0.1, 0.15) is 16.7 Å². The number of nitrogens with one attached hydrogen (secondary N) is 1. The SMILES string of the molecule is Cc1c(-c2ccc3c(c2)CNC3)cccc1-c1ncon1. The highest BCUT2D eigenvalue weighted by atomic mass is 16.5. The second-order valence-corrected chi connectivity index (χ2v) is 5.32. The van der Waals surface area contributed by atoms with Crippen molar-refractivity contribution < 1.29 is 4.52 Å². The minimum Gasteiger partial charge on any atom is -0.342 e. The lowest BCUT2D eigenvalue weighted by molar-refractivity contribution is 0.418. The van der Waals surface area contributed by atoms with Crippen molar-refractivity contribution in [2.24, 2.45) is 0 Å². The summed E-state index contributed by atoms with van der Waals surface area (Å²) in [6.45, 7) is 4.02. The van der Waals surface area contributed by atoms with Crippen LogP contribution in [-0.2, 0) is 13.1 Å². The molecule has 1 aromatic heterocycles. The molecule has 4 rings (SSSR count). The molecule has 104 valence electrons. The van der Waals surface area contributed by atoms with E-state index in [1.807, 2.05) is 12.1 Å². The second-order valence-electron chi connectivity index (χ2n) is 5.32. The van der Waals surface area contributed by atoms with Crippen molar-refractivity contribution in [1.29, 1.82) is 0 Å². The molecule has 0 bridgehead atoms. The number of nitrogens with zero attached hydrogens (tertiary/aromatic N) is 2. The van der Waals surface area contributed by atoms with E-state index < -0.39 is 0 Å². The normalized spacial score (nSPS) is 13.4. The smallest absolute Gasteiger partial charge is 0.214 e. The molecule has 0 fully saturated rings. The van der Waals surface area contributed by atoms with Crippen molar-refractivity contribution >= 4 is 0 Å². The number of aromatic nitrogens is 2. The van der Waals surface area contributed by atoms with Crippen molar-refractivity contribution in [2.75, 3.05) is 0 Å². The Kier molecular flexibility index (Phi) is 2.82. The first-order chi connectivity index (χ1) is 10.3. The van der Waals surface area contributed by atoms with E-state index in [1.165, 1.54) is 34.2 Å². The van der Waals surface area contributed by atoms with Gasteiger partial charge in [0.2, 0.25) is 12.2 Å². The second kappa shape index (κ2) is 4.82. The molecule has 4 nitrogen and oxygen atoms in total. The highest BCUT2D eigenvalue weighted by Crippen LogP contribution is 2.32. The summed E-state index contributed by atoms with van der Waals surface area (Å²) >= 11 is 0. The van der Waals surface area contributed by atoms with Gasteiger partial charge in [-0.05, 0) is 40.8 Å². The highest BCUT2D eigenvalue weighted by Gasteiger charge is 2.14. The molecule has 1 aliphatic rings.